The molecule has 0 heterocycles. The highest BCUT2D eigenvalue weighted by atomic mass is 19.3. The largest absolute Gasteiger partial charge is 0.481 e. The number of alkyl halides is 2. The molecule has 0 aliphatic heterocycles. The number of aliphatic carboxylic acids is 1. The lowest BCUT2D eigenvalue weighted by Crippen LogP contribution is -2.14. The highest BCUT2D eigenvalue weighted by Gasteiger charge is 2.30. The molecule has 1 N–H and O–H groups in total. The summed E-state index contributed by atoms with van der Waals surface area (Å²) in [6.45, 7) is 3.47. The third-order valence-corrected chi connectivity index (χ3v) is 3.01. The van der Waals surface area contributed by atoms with Crippen LogP contribution in [0.1, 0.15) is 50.2 Å². The molecular weight excluding hydrogens is 238 g/mol. The van der Waals surface area contributed by atoms with Crippen LogP contribution in [0.4, 0.5) is 8.78 Å². The molecule has 100 valence electrons. The van der Waals surface area contributed by atoms with E-state index < -0.39 is 17.8 Å². The van der Waals surface area contributed by atoms with E-state index in [4.69, 9.17) is 5.11 Å². The van der Waals surface area contributed by atoms with Gasteiger partial charge in [0.15, 0.2) is 0 Å². The van der Waals surface area contributed by atoms with E-state index in [1.165, 1.54) is 24.3 Å². The average molecular weight is 256 g/mol. The molecule has 0 bridgehead atoms. The van der Waals surface area contributed by atoms with Crippen molar-refractivity contribution < 1.29 is 18.7 Å². The van der Waals surface area contributed by atoms with Crippen molar-refractivity contribution in [3.05, 3.63) is 35.4 Å². The van der Waals surface area contributed by atoms with Crippen LogP contribution in [0, 0.1) is 0 Å². The van der Waals surface area contributed by atoms with Gasteiger partial charge in [0.05, 0.1) is 5.92 Å². The first-order valence-electron chi connectivity index (χ1n) is 6.13. The van der Waals surface area contributed by atoms with Crippen molar-refractivity contribution in [2.45, 2.75) is 45.0 Å². The fraction of sp³-hybridized carbons (Fsp3) is 0.500. The van der Waals surface area contributed by atoms with Crippen LogP contribution in [-0.4, -0.2) is 11.1 Å². The SMILES string of the molecule is CCCC(F)(F)c1ccc(C(CC)C(=O)O)cc1. The van der Waals surface area contributed by atoms with E-state index in [9.17, 15) is 13.6 Å². The second kappa shape index (κ2) is 5.94. The number of rotatable bonds is 6. The molecule has 0 aliphatic rings. The molecule has 0 saturated heterocycles. The Morgan fingerprint density at radius 3 is 2.22 bits per heavy atom. The number of carboxylic acids is 1. The monoisotopic (exact) mass is 256 g/mol. The molecule has 18 heavy (non-hydrogen) atoms. The zero-order chi connectivity index (χ0) is 13.8. The van der Waals surface area contributed by atoms with Crippen LogP contribution in [0.5, 0.6) is 0 Å². The fourth-order valence-electron chi connectivity index (χ4n) is 1.97. The molecule has 4 heteroatoms. The van der Waals surface area contributed by atoms with E-state index in [1.54, 1.807) is 13.8 Å². The van der Waals surface area contributed by atoms with Crippen LogP contribution in [0.3, 0.4) is 0 Å². The summed E-state index contributed by atoms with van der Waals surface area (Å²) in [6.07, 6.45) is 0.657. The minimum Gasteiger partial charge on any atom is -0.481 e. The molecule has 1 atom stereocenters. The summed E-state index contributed by atoms with van der Waals surface area (Å²) in [6, 6.07) is 5.63. The van der Waals surface area contributed by atoms with Gasteiger partial charge in [0, 0.05) is 12.0 Å². The molecule has 1 aromatic rings. The molecule has 1 rings (SSSR count). The second-order valence-electron chi connectivity index (χ2n) is 4.38. The lowest BCUT2D eigenvalue weighted by atomic mass is 9.94. The van der Waals surface area contributed by atoms with Gasteiger partial charge in [-0.05, 0) is 12.0 Å². The van der Waals surface area contributed by atoms with Crippen molar-refractivity contribution in [3.8, 4) is 0 Å². The number of hydrogen-bond acceptors (Lipinski definition) is 1. The third-order valence-electron chi connectivity index (χ3n) is 3.01. The minimum atomic E-state index is -2.84. The highest BCUT2D eigenvalue weighted by Crippen LogP contribution is 2.33. The Bertz CT molecular complexity index is 399. The van der Waals surface area contributed by atoms with Gasteiger partial charge in [-0.3, -0.25) is 4.79 Å². The van der Waals surface area contributed by atoms with Gasteiger partial charge in [-0.2, -0.15) is 0 Å². The summed E-state index contributed by atoms with van der Waals surface area (Å²) < 4.78 is 27.2. The van der Waals surface area contributed by atoms with E-state index in [1.807, 2.05) is 0 Å². The number of carbonyl (C=O) groups is 1. The van der Waals surface area contributed by atoms with Gasteiger partial charge in [-0.1, -0.05) is 44.5 Å². The molecule has 0 radical (unpaired) electrons. The van der Waals surface area contributed by atoms with Crippen LogP contribution in [0.15, 0.2) is 24.3 Å². The first kappa shape index (κ1) is 14.6. The van der Waals surface area contributed by atoms with Crippen LogP contribution < -0.4 is 0 Å². The van der Waals surface area contributed by atoms with Crippen molar-refractivity contribution in [3.63, 3.8) is 0 Å². The predicted octanol–water partition coefficient (Wildman–Crippen LogP) is 4.16. The summed E-state index contributed by atoms with van der Waals surface area (Å²) in [5.74, 6) is -4.39. The number of carboxylic acid groups (broad SMARTS) is 1. The topological polar surface area (TPSA) is 37.3 Å². The van der Waals surface area contributed by atoms with Gasteiger partial charge < -0.3 is 5.11 Å². The van der Waals surface area contributed by atoms with Gasteiger partial charge in [0.1, 0.15) is 0 Å². The molecule has 0 aromatic heterocycles. The Hall–Kier alpha value is -1.45. The summed E-state index contributed by atoms with van der Waals surface area (Å²) >= 11 is 0. The van der Waals surface area contributed by atoms with E-state index >= 15 is 0 Å². The van der Waals surface area contributed by atoms with Crippen LogP contribution in [0.25, 0.3) is 0 Å². The molecule has 0 aliphatic carbocycles. The van der Waals surface area contributed by atoms with Crippen molar-refractivity contribution in [2.24, 2.45) is 0 Å². The summed E-state index contributed by atoms with van der Waals surface area (Å²) in [4.78, 5) is 11.0. The Labute approximate surface area is 106 Å². The van der Waals surface area contributed by atoms with Crippen molar-refractivity contribution in [2.75, 3.05) is 0 Å². The minimum absolute atomic E-state index is 0.0478. The molecule has 1 unspecified atom stereocenters. The lowest BCUT2D eigenvalue weighted by molar-refractivity contribution is -0.138. The van der Waals surface area contributed by atoms with Gasteiger partial charge in [0.2, 0.25) is 0 Å². The summed E-state index contributed by atoms with van der Waals surface area (Å²) in [7, 11) is 0. The van der Waals surface area contributed by atoms with Gasteiger partial charge in [-0.15, -0.1) is 0 Å². The zero-order valence-corrected chi connectivity index (χ0v) is 10.6. The fourth-order valence-corrected chi connectivity index (χ4v) is 1.97. The standard InChI is InChI=1S/C14H18F2O2/c1-3-9-14(15,16)11-7-5-10(6-8-11)12(4-2)13(17)18/h5-8,12H,3-4,9H2,1-2H3,(H,17,18). The number of halogens is 2. The zero-order valence-electron chi connectivity index (χ0n) is 10.6. The van der Waals surface area contributed by atoms with E-state index in [-0.39, 0.29) is 12.0 Å². The summed E-state index contributed by atoms with van der Waals surface area (Å²) in [5.41, 5.74) is 0.523. The Balaban J connectivity index is 2.95. The number of hydrogen-bond donors (Lipinski definition) is 1. The highest BCUT2D eigenvalue weighted by molar-refractivity contribution is 5.75. The first-order chi connectivity index (χ1) is 8.42. The van der Waals surface area contributed by atoms with E-state index in [0.717, 1.165) is 0 Å². The molecular formula is C14H18F2O2. The lowest BCUT2D eigenvalue weighted by Gasteiger charge is -2.17. The normalized spacial score (nSPS) is 13.3. The first-order valence-corrected chi connectivity index (χ1v) is 6.13. The Morgan fingerprint density at radius 1 is 1.28 bits per heavy atom. The Kier molecular flexibility index (Phi) is 4.82. The van der Waals surface area contributed by atoms with E-state index in [2.05, 4.69) is 0 Å². The molecule has 2 nitrogen and oxygen atoms in total. The maximum atomic E-state index is 13.6. The summed E-state index contributed by atoms with van der Waals surface area (Å²) in [5, 5.41) is 8.99. The van der Waals surface area contributed by atoms with Crippen LogP contribution in [0.2, 0.25) is 0 Å². The van der Waals surface area contributed by atoms with Crippen molar-refractivity contribution >= 4 is 5.97 Å². The molecule has 0 spiro atoms. The Morgan fingerprint density at radius 2 is 1.83 bits per heavy atom. The van der Waals surface area contributed by atoms with Gasteiger partial charge in [0.25, 0.3) is 5.92 Å². The molecule has 0 amide bonds. The maximum absolute atomic E-state index is 13.6. The smallest absolute Gasteiger partial charge is 0.310 e. The van der Waals surface area contributed by atoms with Crippen molar-refractivity contribution in [1.29, 1.82) is 0 Å². The van der Waals surface area contributed by atoms with Crippen LogP contribution in [-0.2, 0) is 10.7 Å². The number of benzene rings is 1. The van der Waals surface area contributed by atoms with Gasteiger partial charge in [-0.25, -0.2) is 8.78 Å². The molecule has 0 saturated carbocycles. The third kappa shape index (κ3) is 3.28. The second-order valence-corrected chi connectivity index (χ2v) is 4.38. The average Bonchev–Trinajstić information content (AvgIpc) is 2.30. The van der Waals surface area contributed by atoms with Crippen LogP contribution >= 0.6 is 0 Å². The van der Waals surface area contributed by atoms with E-state index in [0.29, 0.717) is 18.4 Å². The van der Waals surface area contributed by atoms with Gasteiger partial charge >= 0.3 is 5.97 Å². The molecule has 1 aromatic carbocycles. The molecule has 0 fully saturated rings. The van der Waals surface area contributed by atoms with Crippen molar-refractivity contribution in [1.82, 2.24) is 0 Å². The maximum Gasteiger partial charge on any atom is 0.310 e. The predicted molar refractivity (Wildman–Crippen MR) is 65.9 cm³/mol. The quantitative estimate of drug-likeness (QED) is 0.829.